The number of nitriles is 1. The van der Waals surface area contributed by atoms with Crippen LogP contribution in [0.1, 0.15) is 30.5 Å². The first-order valence-corrected chi connectivity index (χ1v) is 9.18. The maximum atomic E-state index is 13.4. The Morgan fingerprint density at radius 2 is 2.07 bits per heavy atom. The van der Waals surface area contributed by atoms with Crippen molar-refractivity contribution < 1.29 is 18.0 Å². The smallest absolute Gasteiger partial charge is 0.385 e. The maximum Gasteiger partial charge on any atom is 0.396 e. The summed E-state index contributed by atoms with van der Waals surface area (Å²) in [5, 5.41) is 19.6. The van der Waals surface area contributed by atoms with Crippen LogP contribution in [-0.2, 0) is 4.79 Å². The molecule has 154 valence electrons. The van der Waals surface area contributed by atoms with Gasteiger partial charge in [-0.1, -0.05) is 0 Å². The van der Waals surface area contributed by atoms with Crippen molar-refractivity contribution in [2.24, 2.45) is 17.6 Å². The standard InChI is InChI=1S/C19H21F3N6O/c1-10-6-12(9-26-14(10)8-23)28-4-2-11(3-5-28)17(24)16-13(19(20,21)22)7-15(29)27-18(16)25/h6,9,11,13,24H,2-5,7,25H2,1H3,(H,27,29). The highest BCUT2D eigenvalue weighted by Crippen LogP contribution is 2.39. The van der Waals surface area contributed by atoms with E-state index in [4.69, 9.17) is 16.4 Å². The number of nitrogens with zero attached hydrogens (tertiary/aromatic N) is 3. The molecule has 10 heteroatoms. The van der Waals surface area contributed by atoms with Crippen molar-refractivity contribution >= 4 is 17.3 Å². The molecule has 1 saturated heterocycles. The number of piperidine rings is 1. The van der Waals surface area contributed by atoms with Gasteiger partial charge in [0.25, 0.3) is 0 Å². The van der Waals surface area contributed by atoms with Gasteiger partial charge < -0.3 is 21.4 Å². The van der Waals surface area contributed by atoms with E-state index in [1.54, 1.807) is 13.1 Å². The zero-order valence-corrected chi connectivity index (χ0v) is 15.8. The van der Waals surface area contributed by atoms with Crippen LogP contribution in [0.3, 0.4) is 0 Å². The number of nitrogens with two attached hydrogens (primary N) is 1. The number of allylic oxidation sites excluding steroid dienone is 1. The minimum Gasteiger partial charge on any atom is -0.385 e. The van der Waals surface area contributed by atoms with Gasteiger partial charge in [-0.15, -0.1) is 0 Å². The third-order valence-electron chi connectivity index (χ3n) is 5.43. The van der Waals surface area contributed by atoms with Gasteiger partial charge >= 0.3 is 6.18 Å². The molecule has 1 aromatic heterocycles. The summed E-state index contributed by atoms with van der Waals surface area (Å²) in [6.45, 7) is 2.87. The molecule has 0 radical (unpaired) electrons. The fourth-order valence-corrected chi connectivity index (χ4v) is 3.85. The van der Waals surface area contributed by atoms with Gasteiger partial charge in [0.15, 0.2) is 0 Å². The number of hydrogen-bond acceptors (Lipinski definition) is 6. The minimum atomic E-state index is -4.64. The van der Waals surface area contributed by atoms with Crippen molar-refractivity contribution in [3.8, 4) is 6.07 Å². The summed E-state index contributed by atoms with van der Waals surface area (Å²) in [6.07, 6.45) is -2.83. The van der Waals surface area contributed by atoms with Gasteiger partial charge in [-0.3, -0.25) is 4.79 Å². The second kappa shape index (κ2) is 7.73. The van der Waals surface area contributed by atoms with E-state index < -0.39 is 24.4 Å². The second-order valence-electron chi connectivity index (χ2n) is 7.32. The number of hydrogen-bond donors (Lipinski definition) is 3. The molecule has 1 fully saturated rings. The van der Waals surface area contributed by atoms with Crippen molar-refractivity contribution in [3.63, 3.8) is 0 Å². The molecule has 1 amide bonds. The van der Waals surface area contributed by atoms with Crippen molar-refractivity contribution in [2.45, 2.75) is 32.4 Å². The highest BCUT2D eigenvalue weighted by molar-refractivity contribution is 6.02. The van der Waals surface area contributed by atoms with Crippen LogP contribution in [0.4, 0.5) is 18.9 Å². The Hall–Kier alpha value is -3.09. The average molecular weight is 406 g/mol. The van der Waals surface area contributed by atoms with Crippen molar-refractivity contribution in [2.75, 3.05) is 18.0 Å². The average Bonchev–Trinajstić information content (AvgIpc) is 2.66. The van der Waals surface area contributed by atoms with Gasteiger partial charge in [0.1, 0.15) is 17.6 Å². The van der Waals surface area contributed by atoms with E-state index in [-0.39, 0.29) is 23.0 Å². The van der Waals surface area contributed by atoms with Gasteiger partial charge in [-0.05, 0) is 31.4 Å². The van der Waals surface area contributed by atoms with Crippen molar-refractivity contribution in [1.29, 1.82) is 10.7 Å². The van der Waals surface area contributed by atoms with Crippen LogP contribution in [0.25, 0.3) is 0 Å². The maximum absolute atomic E-state index is 13.4. The molecule has 1 unspecified atom stereocenters. The molecule has 1 aromatic rings. The molecule has 7 nitrogen and oxygen atoms in total. The van der Waals surface area contributed by atoms with Gasteiger partial charge in [-0.2, -0.15) is 18.4 Å². The Bertz CT molecular complexity index is 910. The minimum absolute atomic E-state index is 0.154. The zero-order valence-electron chi connectivity index (χ0n) is 15.8. The fraction of sp³-hybridized carbons (Fsp3) is 0.474. The number of pyridine rings is 1. The number of carbonyl (C=O) groups excluding carboxylic acids is 1. The first kappa shape index (κ1) is 20.6. The van der Waals surface area contributed by atoms with Gasteiger partial charge in [0, 0.05) is 36.7 Å². The highest BCUT2D eigenvalue weighted by Gasteiger charge is 2.48. The SMILES string of the molecule is Cc1cc(N2CCC(C(=N)C3=C(N)NC(=O)CC3C(F)(F)F)CC2)cnc1C#N. The molecule has 0 bridgehead atoms. The molecule has 29 heavy (non-hydrogen) atoms. The lowest BCUT2D eigenvalue weighted by molar-refractivity contribution is -0.169. The summed E-state index contributed by atoms with van der Waals surface area (Å²) < 4.78 is 40.3. The second-order valence-corrected chi connectivity index (χ2v) is 7.32. The summed E-state index contributed by atoms with van der Waals surface area (Å²) in [5.41, 5.74) is 7.16. The molecule has 2 aliphatic heterocycles. The molecule has 4 N–H and O–H groups in total. The van der Waals surface area contributed by atoms with Crippen LogP contribution >= 0.6 is 0 Å². The normalized spacial score (nSPS) is 21.0. The number of halogens is 3. The van der Waals surface area contributed by atoms with Crippen LogP contribution in [0.2, 0.25) is 0 Å². The summed E-state index contributed by atoms with van der Waals surface area (Å²) in [6, 6.07) is 3.87. The number of carbonyl (C=O) groups is 1. The van der Waals surface area contributed by atoms with Crippen molar-refractivity contribution in [1.82, 2.24) is 10.3 Å². The molecule has 0 aromatic carbocycles. The third kappa shape index (κ3) is 4.18. The molecular weight excluding hydrogens is 385 g/mol. The molecule has 3 heterocycles. The van der Waals surface area contributed by atoms with Crippen LogP contribution in [0, 0.1) is 35.5 Å². The van der Waals surface area contributed by atoms with E-state index >= 15 is 0 Å². The fourth-order valence-electron chi connectivity index (χ4n) is 3.85. The first-order valence-electron chi connectivity index (χ1n) is 9.18. The number of alkyl halides is 3. The highest BCUT2D eigenvalue weighted by atomic mass is 19.4. The summed E-state index contributed by atoms with van der Waals surface area (Å²) in [7, 11) is 0. The van der Waals surface area contributed by atoms with E-state index in [2.05, 4.69) is 10.3 Å². The largest absolute Gasteiger partial charge is 0.396 e. The number of amides is 1. The number of nitrogens with one attached hydrogen (secondary N) is 2. The van der Waals surface area contributed by atoms with Crippen LogP contribution in [0.15, 0.2) is 23.7 Å². The molecule has 1 atom stereocenters. The van der Waals surface area contributed by atoms with E-state index in [1.807, 2.05) is 17.0 Å². The predicted octanol–water partition coefficient (Wildman–Crippen LogP) is 2.37. The Morgan fingerprint density at radius 3 is 2.62 bits per heavy atom. The Morgan fingerprint density at radius 1 is 1.41 bits per heavy atom. The van der Waals surface area contributed by atoms with Gasteiger partial charge in [0.05, 0.1) is 17.8 Å². The monoisotopic (exact) mass is 406 g/mol. The number of aromatic nitrogens is 1. The van der Waals surface area contributed by atoms with E-state index in [0.29, 0.717) is 31.6 Å². The van der Waals surface area contributed by atoms with Crippen LogP contribution in [-0.4, -0.2) is 35.9 Å². The summed E-state index contributed by atoms with van der Waals surface area (Å²) in [5.74, 6) is -3.60. The first-order chi connectivity index (χ1) is 13.6. The lowest BCUT2D eigenvalue weighted by Crippen LogP contribution is -2.46. The topological polar surface area (TPSA) is 119 Å². The molecular formula is C19H21F3N6O. The summed E-state index contributed by atoms with van der Waals surface area (Å²) in [4.78, 5) is 17.7. The molecule has 2 aliphatic rings. The molecule has 3 rings (SSSR count). The number of rotatable bonds is 3. The van der Waals surface area contributed by atoms with Crippen LogP contribution < -0.4 is 16.0 Å². The van der Waals surface area contributed by atoms with E-state index in [9.17, 15) is 18.0 Å². The lowest BCUT2D eigenvalue weighted by atomic mass is 9.80. The third-order valence-corrected chi connectivity index (χ3v) is 5.43. The van der Waals surface area contributed by atoms with Crippen LogP contribution in [0.5, 0.6) is 0 Å². The molecule has 0 spiro atoms. The van der Waals surface area contributed by atoms with E-state index in [1.165, 1.54) is 0 Å². The molecule has 0 saturated carbocycles. The quantitative estimate of drug-likeness (QED) is 0.666. The van der Waals surface area contributed by atoms with E-state index in [0.717, 1.165) is 11.3 Å². The summed E-state index contributed by atoms with van der Waals surface area (Å²) >= 11 is 0. The Kier molecular flexibility index (Phi) is 5.50. The lowest BCUT2D eigenvalue weighted by Gasteiger charge is -2.36. The Labute approximate surface area is 165 Å². The zero-order chi connectivity index (χ0) is 21.3. The van der Waals surface area contributed by atoms with Gasteiger partial charge in [-0.25, -0.2) is 4.98 Å². The number of aryl methyl sites for hydroxylation is 1. The van der Waals surface area contributed by atoms with Crippen molar-refractivity contribution in [3.05, 3.63) is 34.9 Å². The number of anilines is 1. The molecule has 0 aliphatic carbocycles. The van der Waals surface area contributed by atoms with Gasteiger partial charge in [0.2, 0.25) is 5.91 Å². The Balaban J connectivity index is 1.74. The predicted molar refractivity (Wildman–Crippen MR) is 99.9 cm³/mol.